The van der Waals surface area contributed by atoms with Gasteiger partial charge in [-0.05, 0) is 37.6 Å². The van der Waals surface area contributed by atoms with Gasteiger partial charge in [0, 0.05) is 12.6 Å². The molecule has 1 saturated carbocycles. The Morgan fingerprint density at radius 2 is 2.08 bits per heavy atom. The molecule has 0 spiro atoms. The average Bonchev–Trinajstić information content (AvgIpc) is 2.79. The van der Waals surface area contributed by atoms with Gasteiger partial charge in [-0.15, -0.1) is 0 Å². The molecule has 0 saturated heterocycles. The first-order valence-electron chi connectivity index (χ1n) is 5.08. The summed E-state index contributed by atoms with van der Waals surface area (Å²) in [4.78, 5) is 0. The molecule has 0 aliphatic heterocycles. The van der Waals surface area contributed by atoms with E-state index < -0.39 is 0 Å². The Hall–Kier alpha value is -0.0800. The van der Waals surface area contributed by atoms with Crippen LogP contribution in [0.25, 0.3) is 0 Å². The molecule has 0 aromatic heterocycles. The third-order valence-electron chi connectivity index (χ3n) is 2.42. The SMILES string of the molecule is CC(C)CNC(CCO)C1CC1. The Bertz CT molecular complexity index is 121. The highest BCUT2D eigenvalue weighted by atomic mass is 16.3. The zero-order valence-corrected chi connectivity index (χ0v) is 8.21. The maximum absolute atomic E-state index is 8.84. The van der Waals surface area contributed by atoms with Crippen LogP contribution in [0.1, 0.15) is 33.1 Å². The molecule has 1 fully saturated rings. The second kappa shape index (κ2) is 4.83. The van der Waals surface area contributed by atoms with E-state index in [1.807, 2.05) is 0 Å². The van der Waals surface area contributed by atoms with Gasteiger partial charge in [0.2, 0.25) is 0 Å². The Morgan fingerprint density at radius 1 is 1.42 bits per heavy atom. The molecular weight excluding hydrogens is 150 g/mol. The molecule has 0 heterocycles. The van der Waals surface area contributed by atoms with E-state index in [4.69, 9.17) is 5.11 Å². The van der Waals surface area contributed by atoms with Crippen molar-refractivity contribution in [1.29, 1.82) is 0 Å². The van der Waals surface area contributed by atoms with Crippen LogP contribution in [-0.2, 0) is 0 Å². The summed E-state index contributed by atoms with van der Waals surface area (Å²) >= 11 is 0. The fourth-order valence-electron chi connectivity index (χ4n) is 1.53. The molecule has 2 heteroatoms. The van der Waals surface area contributed by atoms with Gasteiger partial charge in [-0.2, -0.15) is 0 Å². The monoisotopic (exact) mass is 171 g/mol. The van der Waals surface area contributed by atoms with E-state index in [9.17, 15) is 0 Å². The van der Waals surface area contributed by atoms with Crippen molar-refractivity contribution in [2.24, 2.45) is 11.8 Å². The quantitative estimate of drug-likeness (QED) is 0.633. The van der Waals surface area contributed by atoms with Crippen molar-refractivity contribution >= 4 is 0 Å². The van der Waals surface area contributed by atoms with Gasteiger partial charge >= 0.3 is 0 Å². The van der Waals surface area contributed by atoms with E-state index >= 15 is 0 Å². The lowest BCUT2D eigenvalue weighted by molar-refractivity contribution is 0.253. The first-order chi connectivity index (χ1) is 5.74. The highest BCUT2D eigenvalue weighted by Gasteiger charge is 2.30. The van der Waals surface area contributed by atoms with Crippen LogP contribution < -0.4 is 5.32 Å². The second-order valence-corrected chi connectivity index (χ2v) is 4.26. The van der Waals surface area contributed by atoms with Gasteiger partial charge in [0.25, 0.3) is 0 Å². The molecule has 1 atom stereocenters. The minimum Gasteiger partial charge on any atom is -0.396 e. The number of aliphatic hydroxyl groups excluding tert-OH is 1. The van der Waals surface area contributed by atoms with Crippen LogP contribution in [0, 0.1) is 11.8 Å². The summed E-state index contributed by atoms with van der Waals surface area (Å²) in [6.07, 6.45) is 3.64. The van der Waals surface area contributed by atoms with Gasteiger partial charge in [-0.1, -0.05) is 13.8 Å². The summed E-state index contributed by atoms with van der Waals surface area (Å²) in [6.45, 7) is 5.85. The van der Waals surface area contributed by atoms with Crippen molar-refractivity contribution in [3.8, 4) is 0 Å². The van der Waals surface area contributed by atoms with Crippen LogP contribution in [0.2, 0.25) is 0 Å². The van der Waals surface area contributed by atoms with Crippen LogP contribution >= 0.6 is 0 Å². The Kier molecular flexibility index (Phi) is 4.02. The van der Waals surface area contributed by atoms with Gasteiger partial charge in [-0.25, -0.2) is 0 Å². The van der Waals surface area contributed by atoms with Crippen molar-refractivity contribution < 1.29 is 5.11 Å². The van der Waals surface area contributed by atoms with Crippen LogP contribution in [0.4, 0.5) is 0 Å². The molecule has 0 aromatic rings. The van der Waals surface area contributed by atoms with Crippen LogP contribution in [-0.4, -0.2) is 24.3 Å². The molecule has 0 bridgehead atoms. The fourth-order valence-corrected chi connectivity index (χ4v) is 1.53. The van der Waals surface area contributed by atoms with Gasteiger partial charge < -0.3 is 10.4 Å². The lowest BCUT2D eigenvalue weighted by atomic mass is 10.1. The number of rotatable bonds is 6. The second-order valence-electron chi connectivity index (χ2n) is 4.26. The normalized spacial score (nSPS) is 20.0. The Morgan fingerprint density at radius 3 is 2.50 bits per heavy atom. The van der Waals surface area contributed by atoms with E-state index in [2.05, 4.69) is 19.2 Å². The number of hydrogen-bond acceptors (Lipinski definition) is 2. The molecule has 1 aliphatic rings. The lowest BCUT2D eigenvalue weighted by Crippen LogP contribution is -2.34. The maximum atomic E-state index is 8.84. The molecule has 72 valence electrons. The maximum Gasteiger partial charge on any atom is 0.0445 e. The van der Waals surface area contributed by atoms with E-state index in [1.54, 1.807) is 0 Å². The zero-order chi connectivity index (χ0) is 8.97. The first-order valence-corrected chi connectivity index (χ1v) is 5.08. The molecule has 1 rings (SSSR count). The molecule has 2 N–H and O–H groups in total. The summed E-state index contributed by atoms with van der Waals surface area (Å²) < 4.78 is 0. The van der Waals surface area contributed by atoms with Gasteiger partial charge in [-0.3, -0.25) is 0 Å². The van der Waals surface area contributed by atoms with Crippen LogP contribution in [0.3, 0.4) is 0 Å². The van der Waals surface area contributed by atoms with E-state index in [0.717, 1.165) is 18.9 Å². The highest BCUT2D eigenvalue weighted by Crippen LogP contribution is 2.33. The molecular formula is C10H21NO. The number of aliphatic hydroxyl groups is 1. The Balaban J connectivity index is 2.13. The predicted octanol–water partition coefficient (Wildman–Crippen LogP) is 1.39. The molecule has 1 unspecified atom stereocenters. The van der Waals surface area contributed by atoms with E-state index in [-0.39, 0.29) is 0 Å². The first kappa shape index (κ1) is 10.0. The largest absolute Gasteiger partial charge is 0.396 e. The summed E-state index contributed by atoms with van der Waals surface area (Å²) in [7, 11) is 0. The van der Waals surface area contributed by atoms with Crippen molar-refractivity contribution in [1.82, 2.24) is 5.32 Å². The summed E-state index contributed by atoms with van der Waals surface area (Å²) in [6, 6.07) is 0.581. The molecule has 12 heavy (non-hydrogen) atoms. The zero-order valence-electron chi connectivity index (χ0n) is 8.21. The molecule has 2 nitrogen and oxygen atoms in total. The van der Waals surface area contributed by atoms with Crippen molar-refractivity contribution in [2.45, 2.75) is 39.2 Å². The minimum atomic E-state index is 0.326. The van der Waals surface area contributed by atoms with E-state index in [1.165, 1.54) is 12.8 Å². The predicted molar refractivity (Wildman–Crippen MR) is 51.1 cm³/mol. The van der Waals surface area contributed by atoms with Crippen molar-refractivity contribution in [2.75, 3.05) is 13.2 Å². The average molecular weight is 171 g/mol. The summed E-state index contributed by atoms with van der Waals surface area (Å²) in [5.41, 5.74) is 0. The Labute approximate surface area is 75.4 Å². The number of hydrogen-bond donors (Lipinski definition) is 2. The van der Waals surface area contributed by atoms with Crippen molar-refractivity contribution in [3.63, 3.8) is 0 Å². The van der Waals surface area contributed by atoms with Crippen molar-refractivity contribution in [3.05, 3.63) is 0 Å². The lowest BCUT2D eigenvalue weighted by Gasteiger charge is -2.18. The fraction of sp³-hybridized carbons (Fsp3) is 1.00. The molecule has 0 radical (unpaired) electrons. The third kappa shape index (κ3) is 3.55. The van der Waals surface area contributed by atoms with Crippen LogP contribution in [0.5, 0.6) is 0 Å². The van der Waals surface area contributed by atoms with Crippen LogP contribution in [0.15, 0.2) is 0 Å². The topological polar surface area (TPSA) is 32.3 Å². The van der Waals surface area contributed by atoms with E-state index in [0.29, 0.717) is 18.6 Å². The summed E-state index contributed by atoms with van der Waals surface area (Å²) in [5, 5.41) is 12.4. The highest BCUT2D eigenvalue weighted by molar-refractivity contribution is 4.86. The molecule has 0 amide bonds. The molecule has 1 aliphatic carbocycles. The minimum absolute atomic E-state index is 0.326. The molecule has 0 aromatic carbocycles. The van der Waals surface area contributed by atoms with Gasteiger partial charge in [0.15, 0.2) is 0 Å². The third-order valence-corrected chi connectivity index (χ3v) is 2.42. The number of nitrogens with one attached hydrogen (secondary N) is 1. The summed E-state index contributed by atoms with van der Waals surface area (Å²) in [5.74, 6) is 1.57. The van der Waals surface area contributed by atoms with Gasteiger partial charge in [0.05, 0.1) is 0 Å². The van der Waals surface area contributed by atoms with Gasteiger partial charge in [0.1, 0.15) is 0 Å². The smallest absolute Gasteiger partial charge is 0.0445 e. The standard InChI is InChI=1S/C10H21NO/c1-8(2)7-11-10(5-6-12)9-3-4-9/h8-12H,3-7H2,1-2H3.